The van der Waals surface area contributed by atoms with Gasteiger partial charge in [-0.25, -0.2) is 4.79 Å². The van der Waals surface area contributed by atoms with E-state index in [4.69, 9.17) is 13.9 Å². The van der Waals surface area contributed by atoms with Crippen LogP contribution in [0.5, 0.6) is 0 Å². The van der Waals surface area contributed by atoms with Gasteiger partial charge in [0.1, 0.15) is 6.61 Å². The van der Waals surface area contributed by atoms with Crippen molar-refractivity contribution >= 4 is 11.8 Å². The van der Waals surface area contributed by atoms with E-state index in [1.54, 1.807) is 20.8 Å². The number of carbonyl (C=O) groups excluding carboxylic acids is 2. The highest BCUT2D eigenvalue weighted by molar-refractivity contribution is 5.98. The number of carbonyl (C=O) groups is 2. The topological polar surface area (TPSA) is 65.7 Å². The standard InChI is InChI=1S/C16H24O5/c1-15(2,3)13(17)11-7-8-12(21-11)14(18)19-9-10-20-16(4,5)6/h7-8H,9-10H2,1-6H3. The molecule has 1 aromatic heterocycles. The Hall–Kier alpha value is -1.62. The molecule has 1 heterocycles. The first-order valence-electron chi connectivity index (χ1n) is 6.96. The number of hydrogen-bond acceptors (Lipinski definition) is 5. The lowest BCUT2D eigenvalue weighted by atomic mass is 9.89. The fourth-order valence-electron chi connectivity index (χ4n) is 1.49. The minimum absolute atomic E-state index is 0.0263. The van der Waals surface area contributed by atoms with Crippen molar-refractivity contribution in [2.24, 2.45) is 5.41 Å². The third kappa shape index (κ3) is 5.71. The van der Waals surface area contributed by atoms with E-state index in [-0.39, 0.29) is 29.5 Å². The normalized spacial score (nSPS) is 12.3. The predicted octanol–water partition coefficient (Wildman–Crippen LogP) is 3.48. The van der Waals surface area contributed by atoms with Crippen molar-refractivity contribution < 1.29 is 23.5 Å². The minimum atomic E-state index is -0.597. The molecule has 0 N–H and O–H groups in total. The third-order valence-corrected chi connectivity index (χ3v) is 2.56. The first kappa shape index (κ1) is 17.4. The molecular formula is C16H24O5. The van der Waals surface area contributed by atoms with Gasteiger partial charge in [-0.05, 0) is 32.9 Å². The van der Waals surface area contributed by atoms with Gasteiger partial charge in [0.15, 0.2) is 5.76 Å². The van der Waals surface area contributed by atoms with Gasteiger partial charge in [0, 0.05) is 5.41 Å². The third-order valence-electron chi connectivity index (χ3n) is 2.56. The molecule has 0 aliphatic rings. The van der Waals surface area contributed by atoms with Crippen LogP contribution in [0.3, 0.4) is 0 Å². The Balaban J connectivity index is 2.53. The smallest absolute Gasteiger partial charge is 0.374 e. The van der Waals surface area contributed by atoms with Crippen molar-refractivity contribution in [3.05, 3.63) is 23.7 Å². The number of Topliss-reactive ketones (excluding diaryl/α,β-unsaturated/α-hetero) is 1. The van der Waals surface area contributed by atoms with E-state index in [1.165, 1.54) is 12.1 Å². The van der Waals surface area contributed by atoms with Crippen molar-refractivity contribution in [1.82, 2.24) is 0 Å². The van der Waals surface area contributed by atoms with E-state index >= 15 is 0 Å². The fourth-order valence-corrected chi connectivity index (χ4v) is 1.49. The second-order valence-corrected chi connectivity index (χ2v) is 6.84. The van der Waals surface area contributed by atoms with Gasteiger partial charge >= 0.3 is 5.97 Å². The minimum Gasteiger partial charge on any atom is -0.457 e. The van der Waals surface area contributed by atoms with E-state index in [2.05, 4.69) is 0 Å². The average Bonchev–Trinajstić information content (AvgIpc) is 2.80. The highest BCUT2D eigenvalue weighted by Crippen LogP contribution is 2.22. The Morgan fingerprint density at radius 1 is 1.00 bits per heavy atom. The van der Waals surface area contributed by atoms with E-state index < -0.39 is 11.4 Å². The summed E-state index contributed by atoms with van der Waals surface area (Å²) in [5.74, 6) is -0.558. The van der Waals surface area contributed by atoms with Crippen LogP contribution in [0.2, 0.25) is 0 Å². The molecule has 0 aliphatic heterocycles. The summed E-state index contributed by atoms with van der Waals surface area (Å²) in [5.41, 5.74) is -0.830. The monoisotopic (exact) mass is 296 g/mol. The van der Waals surface area contributed by atoms with E-state index in [9.17, 15) is 9.59 Å². The second-order valence-electron chi connectivity index (χ2n) is 6.84. The van der Waals surface area contributed by atoms with Crippen LogP contribution in [0.15, 0.2) is 16.5 Å². The number of esters is 1. The summed E-state index contributed by atoms with van der Waals surface area (Å²) in [7, 11) is 0. The van der Waals surface area contributed by atoms with Gasteiger partial charge < -0.3 is 13.9 Å². The lowest BCUT2D eigenvalue weighted by Crippen LogP contribution is -2.22. The maximum Gasteiger partial charge on any atom is 0.374 e. The molecule has 0 aromatic carbocycles. The molecule has 0 amide bonds. The van der Waals surface area contributed by atoms with Gasteiger partial charge in [0.05, 0.1) is 12.2 Å². The molecule has 5 heteroatoms. The highest BCUT2D eigenvalue weighted by Gasteiger charge is 2.27. The van der Waals surface area contributed by atoms with Crippen molar-refractivity contribution in [3.63, 3.8) is 0 Å². The highest BCUT2D eigenvalue weighted by atomic mass is 16.6. The largest absolute Gasteiger partial charge is 0.457 e. The number of ketones is 1. The van der Waals surface area contributed by atoms with Crippen LogP contribution in [0.1, 0.15) is 62.7 Å². The van der Waals surface area contributed by atoms with Crippen molar-refractivity contribution in [2.45, 2.75) is 47.1 Å². The van der Waals surface area contributed by atoms with Crippen molar-refractivity contribution in [1.29, 1.82) is 0 Å². The zero-order valence-electron chi connectivity index (χ0n) is 13.6. The number of rotatable bonds is 5. The number of ether oxygens (including phenoxy) is 2. The zero-order chi connectivity index (χ0) is 16.3. The van der Waals surface area contributed by atoms with Crippen LogP contribution < -0.4 is 0 Å². The molecule has 21 heavy (non-hydrogen) atoms. The van der Waals surface area contributed by atoms with E-state index in [0.29, 0.717) is 6.61 Å². The van der Waals surface area contributed by atoms with Crippen LogP contribution in [-0.2, 0) is 9.47 Å². The van der Waals surface area contributed by atoms with E-state index in [1.807, 2.05) is 20.8 Å². The van der Waals surface area contributed by atoms with Gasteiger partial charge in [-0.1, -0.05) is 20.8 Å². The predicted molar refractivity (Wildman–Crippen MR) is 78.5 cm³/mol. The van der Waals surface area contributed by atoms with Crippen molar-refractivity contribution in [3.8, 4) is 0 Å². The molecule has 0 radical (unpaired) electrons. The van der Waals surface area contributed by atoms with Gasteiger partial charge in [-0.2, -0.15) is 0 Å². The molecule has 118 valence electrons. The number of hydrogen-bond donors (Lipinski definition) is 0. The first-order chi connectivity index (χ1) is 9.50. The van der Waals surface area contributed by atoms with Gasteiger partial charge in [-0.15, -0.1) is 0 Å². The Bertz CT molecular complexity index is 499. The summed E-state index contributed by atoms with van der Waals surface area (Å²) in [6, 6.07) is 2.95. The fraction of sp³-hybridized carbons (Fsp3) is 0.625. The lowest BCUT2D eigenvalue weighted by Gasteiger charge is -2.19. The lowest BCUT2D eigenvalue weighted by molar-refractivity contribution is -0.0289. The summed E-state index contributed by atoms with van der Waals surface area (Å²) in [4.78, 5) is 23.8. The summed E-state index contributed by atoms with van der Waals surface area (Å²) >= 11 is 0. The van der Waals surface area contributed by atoms with Crippen LogP contribution in [0.25, 0.3) is 0 Å². The maximum atomic E-state index is 12.0. The molecular weight excluding hydrogens is 272 g/mol. The number of furan rings is 1. The Labute approximate surface area is 125 Å². The van der Waals surface area contributed by atoms with Crippen LogP contribution in [0, 0.1) is 5.41 Å². The van der Waals surface area contributed by atoms with Gasteiger partial charge in [0.2, 0.25) is 11.5 Å². The molecule has 1 rings (SSSR count). The van der Waals surface area contributed by atoms with Crippen LogP contribution >= 0.6 is 0 Å². The maximum absolute atomic E-state index is 12.0. The van der Waals surface area contributed by atoms with Gasteiger partial charge in [-0.3, -0.25) is 4.79 Å². The summed E-state index contributed by atoms with van der Waals surface area (Å²) < 4.78 is 15.7. The Kier molecular flexibility index (Phi) is 5.34. The molecule has 1 aromatic rings. The van der Waals surface area contributed by atoms with Crippen LogP contribution in [-0.4, -0.2) is 30.6 Å². The summed E-state index contributed by atoms with van der Waals surface area (Å²) in [5, 5.41) is 0. The second kappa shape index (κ2) is 6.43. The average molecular weight is 296 g/mol. The van der Waals surface area contributed by atoms with Gasteiger partial charge in [0.25, 0.3) is 0 Å². The quantitative estimate of drug-likeness (QED) is 0.473. The molecule has 0 fully saturated rings. The SMILES string of the molecule is CC(C)(C)OCCOC(=O)c1ccc(C(=O)C(C)(C)C)o1. The molecule has 0 atom stereocenters. The first-order valence-corrected chi connectivity index (χ1v) is 6.96. The van der Waals surface area contributed by atoms with Crippen LogP contribution in [0.4, 0.5) is 0 Å². The molecule has 5 nitrogen and oxygen atoms in total. The molecule has 0 saturated carbocycles. The molecule has 0 unspecified atom stereocenters. The molecule has 0 saturated heterocycles. The summed E-state index contributed by atoms with van der Waals surface area (Å²) in [6.07, 6.45) is 0. The molecule has 0 spiro atoms. The Morgan fingerprint density at radius 2 is 1.57 bits per heavy atom. The van der Waals surface area contributed by atoms with Crippen molar-refractivity contribution in [2.75, 3.05) is 13.2 Å². The molecule has 0 bridgehead atoms. The van der Waals surface area contributed by atoms with E-state index in [0.717, 1.165) is 0 Å². The zero-order valence-corrected chi connectivity index (χ0v) is 13.6. The molecule has 0 aliphatic carbocycles. The Morgan fingerprint density at radius 3 is 2.10 bits per heavy atom. The summed E-state index contributed by atoms with van der Waals surface area (Å²) in [6.45, 7) is 11.6.